The zero-order chi connectivity index (χ0) is 9.80. The topological polar surface area (TPSA) is 57.7 Å². The average Bonchev–Trinajstić information content (AvgIpc) is 2.87. The third-order valence-corrected chi connectivity index (χ3v) is 2.71. The molecular formula is C8H11N5S. The van der Waals surface area contributed by atoms with Crippen molar-refractivity contribution in [3.63, 3.8) is 0 Å². The van der Waals surface area contributed by atoms with Gasteiger partial charge in [0.15, 0.2) is 0 Å². The van der Waals surface area contributed by atoms with E-state index < -0.39 is 0 Å². The highest BCUT2D eigenvalue weighted by Gasteiger charge is 2.05. The van der Waals surface area contributed by atoms with Crippen molar-refractivity contribution in [1.29, 1.82) is 0 Å². The van der Waals surface area contributed by atoms with Crippen LogP contribution in [0.15, 0.2) is 18.3 Å². The first-order valence-electron chi connectivity index (χ1n) is 4.34. The van der Waals surface area contributed by atoms with Crippen molar-refractivity contribution in [2.45, 2.75) is 6.42 Å². The van der Waals surface area contributed by atoms with Gasteiger partial charge in [-0.15, -0.1) is 0 Å². The molecule has 5 nitrogen and oxygen atoms in total. The molecule has 2 heterocycles. The number of aromatic nitrogens is 4. The molecule has 1 N–H and O–H groups in total. The molecule has 0 aliphatic rings. The Kier molecular flexibility index (Phi) is 2.73. The van der Waals surface area contributed by atoms with Crippen LogP contribution >= 0.6 is 11.5 Å². The summed E-state index contributed by atoms with van der Waals surface area (Å²) >= 11 is 1.31. The fraction of sp³-hybridized carbons (Fsp3) is 0.375. The minimum atomic E-state index is 0.858. The summed E-state index contributed by atoms with van der Waals surface area (Å²) in [6.07, 6.45) is 2.91. The lowest BCUT2D eigenvalue weighted by molar-refractivity contribution is 0.836. The second-order valence-electron chi connectivity index (χ2n) is 3.01. The van der Waals surface area contributed by atoms with Crippen molar-refractivity contribution < 1.29 is 0 Å². The predicted molar refractivity (Wildman–Crippen MR) is 55.5 cm³/mol. The van der Waals surface area contributed by atoms with Gasteiger partial charge in [-0.25, -0.2) is 0 Å². The third-order valence-electron chi connectivity index (χ3n) is 1.99. The molecule has 6 heteroatoms. The van der Waals surface area contributed by atoms with Gasteiger partial charge in [0, 0.05) is 43.4 Å². The van der Waals surface area contributed by atoms with Gasteiger partial charge < -0.3 is 9.88 Å². The quantitative estimate of drug-likeness (QED) is 0.814. The van der Waals surface area contributed by atoms with Crippen LogP contribution in [0.2, 0.25) is 0 Å². The van der Waals surface area contributed by atoms with Crippen LogP contribution < -0.4 is 4.90 Å². The molecule has 0 aliphatic heterocycles. The lowest BCUT2D eigenvalue weighted by Gasteiger charge is -2.13. The fourth-order valence-electron chi connectivity index (χ4n) is 1.18. The normalized spacial score (nSPS) is 10.4. The lowest BCUT2D eigenvalue weighted by Crippen LogP contribution is -2.20. The summed E-state index contributed by atoms with van der Waals surface area (Å²) in [7, 11) is 1.99. The summed E-state index contributed by atoms with van der Waals surface area (Å²) in [5, 5.41) is 8.30. The first kappa shape index (κ1) is 9.14. The van der Waals surface area contributed by atoms with E-state index in [1.165, 1.54) is 17.2 Å². The van der Waals surface area contributed by atoms with Crippen LogP contribution in [0.5, 0.6) is 0 Å². The molecule has 0 aromatic carbocycles. The van der Waals surface area contributed by atoms with Crippen LogP contribution in [-0.2, 0) is 6.42 Å². The van der Waals surface area contributed by atoms with Crippen LogP contribution in [0.1, 0.15) is 5.69 Å². The van der Waals surface area contributed by atoms with E-state index in [1.807, 2.05) is 24.2 Å². The van der Waals surface area contributed by atoms with Gasteiger partial charge in [0.05, 0.1) is 0 Å². The molecule has 0 amide bonds. The predicted octanol–water partition coefficient (Wildman–Crippen LogP) is 0.940. The van der Waals surface area contributed by atoms with E-state index in [1.54, 1.807) is 0 Å². The van der Waals surface area contributed by atoms with E-state index in [9.17, 15) is 0 Å². The van der Waals surface area contributed by atoms with Crippen molar-refractivity contribution in [1.82, 2.24) is 19.8 Å². The van der Waals surface area contributed by atoms with Gasteiger partial charge in [0.2, 0.25) is 5.13 Å². The van der Waals surface area contributed by atoms with E-state index in [-0.39, 0.29) is 0 Å². The molecular weight excluding hydrogens is 198 g/mol. The zero-order valence-corrected chi connectivity index (χ0v) is 8.66. The molecule has 0 atom stereocenters. The average molecular weight is 209 g/mol. The number of aromatic amines is 1. The van der Waals surface area contributed by atoms with Crippen LogP contribution in [0, 0.1) is 0 Å². The molecule has 0 unspecified atom stereocenters. The highest BCUT2D eigenvalue weighted by molar-refractivity contribution is 7.09. The van der Waals surface area contributed by atoms with Crippen molar-refractivity contribution in [3.05, 3.63) is 24.0 Å². The van der Waals surface area contributed by atoms with Gasteiger partial charge in [-0.3, -0.25) is 0 Å². The Hall–Kier alpha value is -1.43. The van der Waals surface area contributed by atoms with E-state index in [0.717, 1.165) is 18.1 Å². The number of likely N-dealkylation sites (N-methyl/N-ethyl adjacent to an activating group) is 1. The fourth-order valence-corrected chi connectivity index (χ4v) is 1.63. The molecule has 2 aromatic rings. The number of H-pyrrole nitrogens is 1. The van der Waals surface area contributed by atoms with E-state index in [2.05, 4.69) is 25.9 Å². The van der Waals surface area contributed by atoms with Gasteiger partial charge >= 0.3 is 0 Å². The Morgan fingerprint density at radius 3 is 3.14 bits per heavy atom. The first-order valence-corrected chi connectivity index (χ1v) is 5.12. The Morgan fingerprint density at radius 2 is 2.50 bits per heavy atom. The van der Waals surface area contributed by atoms with Gasteiger partial charge in [0.25, 0.3) is 0 Å². The number of nitrogens with zero attached hydrogens (tertiary/aromatic N) is 4. The zero-order valence-electron chi connectivity index (χ0n) is 7.84. The highest BCUT2D eigenvalue weighted by atomic mass is 32.1. The van der Waals surface area contributed by atoms with Gasteiger partial charge in [0.1, 0.15) is 0 Å². The Balaban J connectivity index is 1.87. The summed E-state index contributed by atoms with van der Waals surface area (Å²) in [5.41, 5.74) is 1.23. The molecule has 0 radical (unpaired) electrons. The van der Waals surface area contributed by atoms with Gasteiger partial charge in [-0.05, 0) is 17.3 Å². The molecule has 0 fully saturated rings. The minimum absolute atomic E-state index is 0.858. The molecule has 0 bridgehead atoms. The third kappa shape index (κ3) is 2.08. The summed E-state index contributed by atoms with van der Waals surface area (Å²) in [4.78, 5) is 5.21. The van der Waals surface area contributed by atoms with Crippen LogP contribution in [0.3, 0.4) is 0 Å². The van der Waals surface area contributed by atoms with Crippen LogP contribution in [0.25, 0.3) is 0 Å². The van der Waals surface area contributed by atoms with Crippen molar-refractivity contribution in [2.24, 2.45) is 0 Å². The van der Waals surface area contributed by atoms with Crippen LogP contribution in [-0.4, -0.2) is 33.4 Å². The van der Waals surface area contributed by atoms with Crippen molar-refractivity contribution >= 4 is 16.7 Å². The highest BCUT2D eigenvalue weighted by Crippen LogP contribution is 2.11. The maximum Gasteiger partial charge on any atom is 0.227 e. The number of nitrogens with one attached hydrogen (secondary N) is 1. The Bertz CT molecular complexity index is 355. The smallest absolute Gasteiger partial charge is 0.227 e. The maximum absolute atomic E-state index is 3.89. The SMILES string of the molecule is CN(CCc1ccc[nH]1)c1nnns1. The van der Waals surface area contributed by atoms with E-state index in [0.29, 0.717) is 0 Å². The maximum atomic E-state index is 3.89. The summed E-state index contributed by atoms with van der Waals surface area (Å²) < 4.78 is 3.72. The summed E-state index contributed by atoms with van der Waals surface area (Å²) in [6.45, 7) is 0.914. The Morgan fingerprint density at radius 1 is 1.57 bits per heavy atom. The molecule has 0 spiro atoms. The molecule has 2 aromatic heterocycles. The molecule has 14 heavy (non-hydrogen) atoms. The van der Waals surface area contributed by atoms with Gasteiger partial charge in [-0.1, -0.05) is 9.59 Å². The number of rotatable bonds is 4. The lowest BCUT2D eigenvalue weighted by atomic mass is 10.3. The number of hydrogen-bond donors (Lipinski definition) is 1. The van der Waals surface area contributed by atoms with Gasteiger partial charge in [-0.2, -0.15) is 0 Å². The Labute approximate surface area is 85.9 Å². The number of anilines is 1. The summed E-state index contributed by atoms with van der Waals surface area (Å²) in [6, 6.07) is 4.08. The second-order valence-corrected chi connectivity index (χ2v) is 3.72. The minimum Gasteiger partial charge on any atom is -0.365 e. The van der Waals surface area contributed by atoms with E-state index in [4.69, 9.17) is 0 Å². The molecule has 74 valence electrons. The molecule has 0 saturated heterocycles. The molecule has 0 saturated carbocycles. The second kappa shape index (κ2) is 4.19. The summed E-state index contributed by atoms with van der Waals surface area (Å²) in [5.74, 6) is 0. The first-order chi connectivity index (χ1) is 6.86. The van der Waals surface area contributed by atoms with Crippen LogP contribution in [0.4, 0.5) is 5.13 Å². The standard InChI is InChI=1S/C8H11N5S/c1-13(8-10-11-12-14-8)6-4-7-3-2-5-9-7/h2-3,5,9H,4,6H2,1H3. The molecule has 2 rings (SSSR count). The molecule has 0 aliphatic carbocycles. The largest absolute Gasteiger partial charge is 0.365 e. The number of hydrogen-bond acceptors (Lipinski definition) is 5. The monoisotopic (exact) mass is 209 g/mol. The van der Waals surface area contributed by atoms with Crippen molar-refractivity contribution in [3.8, 4) is 0 Å². The van der Waals surface area contributed by atoms with E-state index >= 15 is 0 Å². The van der Waals surface area contributed by atoms with Crippen molar-refractivity contribution in [2.75, 3.05) is 18.5 Å².